The molecule has 3 rings (SSSR count). The first-order chi connectivity index (χ1) is 15.4. The number of rotatable bonds is 11. The summed E-state index contributed by atoms with van der Waals surface area (Å²) >= 11 is 1.30. The topological polar surface area (TPSA) is 93.1 Å². The van der Waals surface area contributed by atoms with Gasteiger partial charge in [0.2, 0.25) is 10.0 Å². The molecule has 1 aliphatic heterocycles. The fraction of sp³-hybridized carbons (Fsp3) is 0.522. The van der Waals surface area contributed by atoms with E-state index in [0.29, 0.717) is 30.0 Å². The van der Waals surface area contributed by atoms with Gasteiger partial charge in [0.15, 0.2) is 0 Å². The fourth-order valence-corrected chi connectivity index (χ4v) is 6.50. The van der Waals surface area contributed by atoms with Gasteiger partial charge in [-0.2, -0.15) is 0 Å². The Hall–Kier alpha value is -1.94. The van der Waals surface area contributed by atoms with Crippen molar-refractivity contribution in [3.8, 4) is 0 Å². The molecule has 0 aliphatic carbocycles. The number of benzene rings is 1. The molecule has 2 aromatic rings. The average Bonchev–Trinajstić information content (AvgIpc) is 3.37. The molecule has 0 amide bonds. The molecule has 2 heterocycles. The third-order valence-electron chi connectivity index (χ3n) is 5.56. The van der Waals surface area contributed by atoms with E-state index in [1.807, 2.05) is 6.07 Å². The lowest BCUT2D eigenvalue weighted by Crippen LogP contribution is -2.36. The van der Waals surface area contributed by atoms with Gasteiger partial charge in [0.1, 0.15) is 4.88 Å². The summed E-state index contributed by atoms with van der Waals surface area (Å²) in [6, 6.07) is 10.3. The molecule has 176 valence electrons. The van der Waals surface area contributed by atoms with Gasteiger partial charge in [0.05, 0.1) is 43.9 Å². The van der Waals surface area contributed by atoms with E-state index < -0.39 is 16.1 Å². The van der Waals surface area contributed by atoms with Crippen LogP contribution >= 0.6 is 11.3 Å². The third kappa shape index (κ3) is 6.10. The minimum atomic E-state index is -3.41. The highest BCUT2D eigenvalue weighted by Gasteiger charge is 2.37. The van der Waals surface area contributed by atoms with Gasteiger partial charge >= 0.3 is 5.97 Å². The number of aliphatic hydroxyl groups excluding tert-OH is 1. The van der Waals surface area contributed by atoms with Gasteiger partial charge in [0.25, 0.3) is 0 Å². The molecule has 1 unspecified atom stereocenters. The fourth-order valence-electron chi connectivity index (χ4n) is 3.81. The molecule has 1 N–H and O–H groups in total. The molecule has 2 atom stereocenters. The van der Waals surface area contributed by atoms with Crippen molar-refractivity contribution in [2.45, 2.75) is 57.8 Å². The van der Waals surface area contributed by atoms with Crippen LogP contribution in [0.15, 0.2) is 36.4 Å². The zero-order valence-corrected chi connectivity index (χ0v) is 20.2. The van der Waals surface area contributed by atoms with Gasteiger partial charge in [-0.25, -0.2) is 13.2 Å². The second-order valence-electron chi connectivity index (χ2n) is 7.93. The van der Waals surface area contributed by atoms with Crippen LogP contribution in [0.5, 0.6) is 0 Å². The van der Waals surface area contributed by atoms with Gasteiger partial charge in [-0.1, -0.05) is 38.3 Å². The van der Waals surface area contributed by atoms with E-state index in [1.165, 1.54) is 22.8 Å². The summed E-state index contributed by atoms with van der Waals surface area (Å²) in [6.07, 6.45) is 3.79. The third-order valence-corrected chi connectivity index (χ3v) is 8.46. The Morgan fingerprint density at radius 3 is 2.66 bits per heavy atom. The number of hydrogen-bond donors (Lipinski definition) is 1. The summed E-state index contributed by atoms with van der Waals surface area (Å²) in [6.45, 7) is 2.68. The van der Waals surface area contributed by atoms with E-state index in [4.69, 9.17) is 9.47 Å². The number of nitrogens with zero attached hydrogens (tertiary/aromatic N) is 1. The second kappa shape index (κ2) is 11.3. The molecule has 9 heteroatoms. The highest BCUT2D eigenvalue weighted by atomic mass is 32.2. The Morgan fingerprint density at radius 1 is 1.22 bits per heavy atom. The Balaban J connectivity index is 1.61. The quantitative estimate of drug-likeness (QED) is 0.380. The van der Waals surface area contributed by atoms with E-state index in [-0.39, 0.29) is 24.4 Å². The van der Waals surface area contributed by atoms with Crippen molar-refractivity contribution in [1.29, 1.82) is 0 Å². The van der Waals surface area contributed by atoms with Gasteiger partial charge in [-0.05, 0) is 42.7 Å². The lowest BCUT2D eigenvalue weighted by molar-refractivity contribution is 0.0606. The number of unbranched alkanes of at least 4 members (excludes halogenated alkanes) is 2. The minimum Gasteiger partial charge on any atom is -0.465 e. The molecule has 1 aromatic carbocycles. The van der Waals surface area contributed by atoms with E-state index >= 15 is 0 Å². The van der Waals surface area contributed by atoms with Crippen molar-refractivity contribution in [2.75, 3.05) is 23.8 Å². The molecule has 32 heavy (non-hydrogen) atoms. The normalized spacial score (nSPS) is 18.6. The summed E-state index contributed by atoms with van der Waals surface area (Å²) in [7, 11) is -2.07. The second-order valence-corrected chi connectivity index (χ2v) is 11.1. The Morgan fingerprint density at radius 2 is 1.97 bits per heavy atom. The number of carbonyl (C=O) groups excluding carboxylic acids is 1. The maximum atomic E-state index is 12.7. The molecule has 0 saturated carbocycles. The van der Waals surface area contributed by atoms with Crippen LogP contribution in [-0.2, 0) is 26.1 Å². The van der Waals surface area contributed by atoms with Crippen LogP contribution in [-0.4, -0.2) is 45.0 Å². The highest BCUT2D eigenvalue weighted by molar-refractivity contribution is 7.93. The van der Waals surface area contributed by atoms with Crippen LogP contribution in [0, 0.1) is 0 Å². The number of sulfonamides is 1. The number of methoxy groups -OCH3 is 1. The van der Waals surface area contributed by atoms with Crippen molar-refractivity contribution in [3.05, 3.63) is 51.7 Å². The van der Waals surface area contributed by atoms with Crippen molar-refractivity contribution in [3.63, 3.8) is 0 Å². The smallest absolute Gasteiger partial charge is 0.348 e. The zero-order valence-electron chi connectivity index (χ0n) is 18.5. The van der Waals surface area contributed by atoms with E-state index in [1.54, 1.807) is 30.3 Å². The van der Waals surface area contributed by atoms with Gasteiger partial charge in [-0.15, -0.1) is 11.3 Å². The number of anilines is 1. The summed E-state index contributed by atoms with van der Waals surface area (Å²) in [5.74, 6) is -0.304. The van der Waals surface area contributed by atoms with Crippen molar-refractivity contribution in [1.82, 2.24) is 0 Å². The predicted octanol–water partition coefficient (Wildman–Crippen LogP) is 4.27. The predicted molar refractivity (Wildman–Crippen MR) is 126 cm³/mol. The largest absolute Gasteiger partial charge is 0.465 e. The van der Waals surface area contributed by atoms with Crippen molar-refractivity contribution in [2.24, 2.45) is 0 Å². The first-order valence-electron chi connectivity index (χ1n) is 10.9. The molecule has 0 radical (unpaired) electrons. The maximum Gasteiger partial charge on any atom is 0.348 e. The lowest BCUT2D eigenvalue weighted by atomic mass is 10.0. The molecule has 7 nitrogen and oxygen atoms in total. The van der Waals surface area contributed by atoms with Crippen LogP contribution in [0.3, 0.4) is 0 Å². The Labute approximate surface area is 194 Å². The summed E-state index contributed by atoms with van der Waals surface area (Å²) in [5, 5.41) is 10.4. The Kier molecular flexibility index (Phi) is 8.70. The van der Waals surface area contributed by atoms with Crippen molar-refractivity contribution >= 4 is 33.0 Å². The summed E-state index contributed by atoms with van der Waals surface area (Å²) in [4.78, 5) is 13.0. The molecule has 1 saturated heterocycles. The molecule has 1 aliphatic rings. The van der Waals surface area contributed by atoms with E-state index in [0.717, 1.165) is 29.7 Å². The van der Waals surface area contributed by atoms with Gasteiger partial charge in [-0.3, -0.25) is 4.31 Å². The summed E-state index contributed by atoms with van der Waals surface area (Å²) in [5.41, 5.74) is 1.39. The van der Waals surface area contributed by atoms with E-state index in [2.05, 4.69) is 6.92 Å². The van der Waals surface area contributed by atoms with Crippen LogP contribution in [0.4, 0.5) is 5.69 Å². The maximum absolute atomic E-state index is 12.7. The molecule has 0 bridgehead atoms. The number of aliphatic hydroxyl groups is 1. The number of esters is 1. The Bertz CT molecular complexity index is 986. The zero-order chi connectivity index (χ0) is 23.1. The molecular weight excluding hydrogens is 450 g/mol. The first-order valence-corrected chi connectivity index (χ1v) is 13.3. The van der Waals surface area contributed by atoms with Crippen LogP contribution in [0.1, 0.15) is 65.2 Å². The number of thiophene rings is 1. The number of ether oxygens (including phenoxy) is 2. The van der Waals surface area contributed by atoms with Crippen LogP contribution < -0.4 is 4.31 Å². The van der Waals surface area contributed by atoms with Crippen LogP contribution in [0.25, 0.3) is 0 Å². The van der Waals surface area contributed by atoms with E-state index in [9.17, 15) is 18.3 Å². The molecule has 1 fully saturated rings. The molecule has 1 aromatic heterocycles. The van der Waals surface area contributed by atoms with Crippen molar-refractivity contribution < 1.29 is 27.8 Å². The standard InChI is InChI=1S/C23H31NO6S2/c1-3-4-5-6-21(25)17-7-9-18(10-8-17)24-19(13-14-32(24,27)28)15-30-16-20-11-12-22(31-20)23(26)29-2/h7-12,19,21,25H,3-6,13-16H2,1-2H3/t19?,21-/m0/s1. The van der Waals surface area contributed by atoms with Crippen LogP contribution in [0.2, 0.25) is 0 Å². The highest BCUT2D eigenvalue weighted by Crippen LogP contribution is 2.31. The summed E-state index contributed by atoms with van der Waals surface area (Å²) < 4.78 is 37.3. The molecule has 0 spiro atoms. The number of carbonyl (C=O) groups is 1. The minimum absolute atomic E-state index is 0.0773. The first kappa shape index (κ1) is 24.7. The SMILES string of the molecule is CCCCC[C@H](O)c1ccc(N2C(COCc3ccc(C(=O)OC)s3)CCS2(=O)=O)cc1. The average molecular weight is 482 g/mol. The monoisotopic (exact) mass is 481 g/mol. The van der Waals surface area contributed by atoms with Gasteiger partial charge in [0, 0.05) is 4.88 Å². The molecular formula is C23H31NO6S2. The number of hydrogen-bond acceptors (Lipinski definition) is 7. The van der Waals surface area contributed by atoms with Gasteiger partial charge < -0.3 is 14.6 Å². The lowest BCUT2D eigenvalue weighted by Gasteiger charge is -2.25.